The van der Waals surface area contributed by atoms with Gasteiger partial charge in [-0.3, -0.25) is 0 Å². The van der Waals surface area contributed by atoms with Gasteiger partial charge in [-0.15, -0.1) is 0 Å². The summed E-state index contributed by atoms with van der Waals surface area (Å²) in [7, 11) is 0. The van der Waals surface area contributed by atoms with Crippen molar-refractivity contribution in [3.05, 3.63) is 0 Å². The first-order chi connectivity index (χ1) is 46.4. The number of fused-ring (bicyclic) bond motifs is 27. The minimum Gasteiger partial charge on any atom is -0.0599 e. The van der Waals surface area contributed by atoms with E-state index in [-0.39, 0.29) is 0 Å². The van der Waals surface area contributed by atoms with Gasteiger partial charge >= 0.3 is 0 Å². The Morgan fingerprint density at radius 2 is 0.140 bits per heavy atom. The summed E-state index contributed by atoms with van der Waals surface area (Å²) >= 11 is 0. The number of hydrogen-bond acceptors (Lipinski definition) is 0. The first kappa shape index (κ1) is 79.5. The van der Waals surface area contributed by atoms with Crippen LogP contribution in [0.3, 0.4) is 0 Å². The fourth-order valence-electron chi connectivity index (χ4n) is 26.9. The fourth-order valence-corrected chi connectivity index (χ4v) is 26.9. The smallest absolute Gasteiger partial charge is 0.0297 e. The van der Waals surface area contributed by atoms with Gasteiger partial charge in [0, 0.05) is 0 Å². The molecule has 0 aromatic heterocycles. The van der Waals surface area contributed by atoms with Crippen molar-refractivity contribution in [2.75, 3.05) is 0 Å². The maximum absolute atomic E-state index is 2.99. The van der Waals surface area contributed by atoms with Crippen LogP contribution in [0.5, 0.6) is 0 Å². The highest BCUT2D eigenvalue weighted by atomic mass is 14.6. The molecule has 100 heavy (non-hydrogen) atoms. The van der Waals surface area contributed by atoms with Crippen LogP contribution in [0.15, 0.2) is 0 Å². The van der Waals surface area contributed by atoms with Crippen LogP contribution >= 0.6 is 0 Å². The van der Waals surface area contributed by atoms with E-state index in [0.717, 1.165) is 0 Å². The summed E-state index contributed by atoms with van der Waals surface area (Å²) in [4.78, 5) is 0. The summed E-state index contributed by atoms with van der Waals surface area (Å²) in [6, 6.07) is 0. The maximum Gasteiger partial charge on any atom is -0.0297 e. The lowest BCUT2D eigenvalue weighted by molar-refractivity contribution is -0.0278. The minimum atomic E-state index is 0.410. The fraction of sp³-hybridized carbons (Fsp3) is 1.00. The van der Waals surface area contributed by atoms with Gasteiger partial charge in [0.15, 0.2) is 0 Å². The van der Waals surface area contributed by atoms with E-state index in [1.165, 1.54) is 244 Å². The molecule has 0 heterocycles. The molecule has 6 spiro atoms. The second kappa shape index (κ2) is 28.7. The van der Waals surface area contributed by atoms with Crippen molar-refractivity contribution in [3.8, 4) is 0 Å². The summed E-state index contributed by atoms with van der Waals surface area (Å²) in [6.07, 6.45) is 93.8. The van der Waals surface area contributed by atoms with Crippen LogP contribution < -0.4 is 0 Å². The largest absolute Gasteiger partial charge is 0.0599 e. The molecule has 0 amide bonds. The summed E-state index contributed by atoms with van der Waals surface area (Å²) in [5, 5.41) is 0. The Hall–Kier alpha value is 0. The zero-order valence-electron chi connectivity index (χ0n) is 71.8. The molecule has 12 aliphatic rings. The van der Waals surface area contributed by atoms with Gasteiger partial charge in [-0.25, -0.2) is 0 Å². The van der Waals surface area contributed by atoms with Crippen molar-refractivity contribution in [1.82, 2.24) is 0 Å². The summed E-state index contributed by atoms with van der Waals surface area (Å²) in [6.45, 7) is 51.6. The van der Waals surface area contributed by atoms with Gasteiger partial charge in [0.2, 0.25) is 0 Å². The van der Waals surface area contributed by atoms with Crippen LogP contribution in [0.25, 0.3) is 0 Å². The van der Waals surface area contributed by atoms with E-state index in [0.29, 0.717) is 108 Å². The molecular weight excluding hydrogens is 1200 g/mol. The van der Waals surface area contributed by atoms with Gasteiger partial charge in [0.25, 0.3) is 0 Å². The maximum atomic E-state index is 2.99. The van der Waals surface area contributed by atoms with E-state index >= 15 is 0 Å². The third kappa shape index (κ3) is 19.6. The molecule has 12 aliphatic carbocycles. The molecule has 12 saturated carbocycles. The van der Waals surface area contributed by atoms with E-state index in [2.05, 4.69) is 125 Å². The van der Waals surface area contributed by atoms with Gasteiger partial charge < -0.3 is 0 Å². The summed E-state index contributed by atoms with van der Waals surface area (Å²) in [5.74, 6) is 0. The number of rotatable bonds is 0. The molecule has 578 valence electrons. The molecule has 0 nitrogen and oxygen atoms in total. The Kier molecular flexibility index (Phi) is 22.8. The van der Waals surface area contributed by atoms with E-state index in [1.807, 2.05) is 0 Å². The molecule has 0 heteroatoms. The lowest BCUT2D eigenvalue weighted by Crippen LogP contribution is -2.42. The molecule has 0 saturated heterocycles. The molecule has 0 N–H and O–H groups in total. The summed E-state index contributed by atoms with van der Waals surface area (Å²) in [5.41, 5.74) is 8.66. The monoisotopic (exact) mass is 1380 g/mol. The molecule has 12 rings (SSSR count). The highest BCUT2D eigenvalue weighted by Gasteiger charge is 2.54. The zero-order chi connectivity index (χ0) is 71.8. The quantitative estimate of drug-likeness (QED) is 0.227. The topological polar surface area (TPSA) is 0 Å². The van der Waals surface area contributed by atoms with Crippen LogP contribution in [0, 0.1) is 108 Å². The van der Waals surface area contributed by atoms with Gasteiger partial charge in [-0.05, 0) is 506 Å². The van der Waals surface area contributed by atoms with E-state index < -0.39 is 0 Å². The average molecular weight is 1380 g/mol. The number of hydrogen-bond donors (Lipinski definition) is 0. The van der Waals surface area contributed by atoms with Gasteiger partial charge in [0.05, 0.1) is 0 Å². The van der Waals surface area contributed by atoms with E-state index in [9.17, 15) is 0 Å². The molecule has 16 bridgehead atoms. The molecule has 0 aromatic carbocycles. The minimum absolute atomic E-state index is 0.410. The van der Waals surface area contributed by atoms with Gasteiger partial charge in [0.1, 0.15) is 0 Å². The highest BCUT2D eigenvalue weighted by Crippen LogP contribution is 2.67. The lowest BCUT2D eigenvalue weighted by Gasteiger charge is -2.54. The molecule has 12 unspecified atom stereocenters. The van der Waals surface area contributed by atoms with Crippen LogP contribution in [0.2, 0.25) is 0 Å². The molecule has 0 aromatic rings. The standard InChI is InChI=1S/C100H178/c1-81(2)19-27-85(9)35-36-86(10)28-20-82(3,4)24-33-91(15)41-45-94(18)46-42-92(16)34-26-84(7,8)22-30-88(12)38-37-87(11)29-21-83(5,6)25-32-90(14)40-44-93(17)43-39-89(13,31-23-81)51-61-95(57-47-85)67-68-96(58-48-86,62-53-91)72-77-100(66-56-94)78-74-98(60-50-88,64-54-92)70-69-97(59-49-87,63-52-90)73-76-99(65-55-93,75-71-95)79-80-100/h19-80H2,1-18H3. The molecule has 12 fully saturated rings. The second-order valence-electron chi connectivity index (χ2n) is 51.3. The predicted molar refractivity (Wildman–Crippen MR) is 437 cm³/mol. The zero-order valence-corrected chi connectivity index (χ0v) is 71.8. The highest BCUT2D eigenvalue weighted by molar-refractivity contribution is 5.06. The van der Waals surface area contributed by atoms with Gasteiger partial charge in [-0.1, -0.05) is 125 Å². The van der Waals surface area contributed by atoms with Crippen molar-refractivity contribution in [1.29, 1.82) is 0 Å². The van der Waals surface area contributed by atoms with E-state index in [1.54, 1.807) is 154 Å². The van der Waals surface area contributed by atoms with Crippen molar-refractivity contribution in [2.45, 2.75) is 523 Å². The molecular formula is C100H178. The average Bonchev–Trinajstić information content (AvgIpc) is 0.766. The van der Waals surface area contributed by atoms with Crippen LogP contribution in [-0.2, 0) is 0 Å². The molecule has 12 atom stereocenters. The Balaban J connectivity index is 1.10. The normalized spacial score (nSPS) is 50.0. The van der Waals surface area contributed by atoms with Crippen molar-refractivity contribution < 1.29 is 0 Å². The Bertz CT molecular complexity index is 2370. The Morgan fingerprint density at radius 3 is 0.230 bits per heavy atom. The van der Waals surface area contributed by atoms with Gasteiger partial charge in [-0.2, -0.15) is 0 Å². The molecule has 0 radical (unpaired) electrons. The SMILES string of the molecule is CC1(C)CCC2(C)CCC3(C)CCC(C)(C)CCC4(C)CCC5(C)CCC6(C)CCC(C)(C)CCC7(C)CCC8(C)CCC(C)(C)CCC9(C)CCC%10(C)CCC(C)(CC1)CCC1(CC2)CCC(CC3)(CC4)CCC2(CC5)CCC(CC7)(CC6)CCC(CC8)(CC9)CCC(CC%10)(CC1)CC2. The van der Waals surface area contributed by atoms with Crippen molar-refractivity contribution in [2.24, 2.45) is 108 Å². The predicted octanol–water partition coefficient (Wildman–Crippen LogP) is 33.4. The van der Waals surface area contributed by atoms with Crippen LogP contribution in [0.4, 0.5) is 0 Å². The Morgan fingerprint density at radius 1 is 0.0800 bits per heavy atom. The first-order valence-corrected chi connectivity index (χ1v) is 46.4. The second-order valence-corrected chi connectivity index (χ2v) is 51.3. The summed E-state index contributed by atoms with van der Waals surface area (Å²) < 4.78 is 0. The van der Waals surface area contributed by atoms with Crippen LogP contribution in [-0.4, -0.2) is 0 Å². The van der Waals surface area contributed by atoms with Crippen molar-refractivity contribution in [3.63, 3.8) is 0 Å². The third-order valence-corrected chi connectivity index (χ3v) is 40.1. The molecule has 0 aliphatic heterocycles. The van der Waals surface area contributed by atoms with E-state index in [4.69, 9.17) is 0 Å². The lowest BCUT2D eigenvalue weighted by atomic mass is 9.51. The third-order valence-electron chi connectivity index (χ3n) is 40.1. The van der Waals surface area contributed by atoms with Crippen LogP contribution in [0.1, 0.15) is 523 Å². The van der Waals surface area contributed by atoms with Crippen molar-refractivity contribution >= 4 is 0 Å². The Labute approximate surface area is 627 Å². The first-order valence-electron chi connectivity index (χ1n) is 46.4.